The van der Waals surface area contributed by atoms with Crippen LogP contribution in [-0.2, 0) is 19.1 Å². The van der Waals surface area contributed by atoms with Crippen molar-refractivity contribution in [1.82, 2.24) is 0 Å². The largest absolute Gasteiger partial charge is 0.450 e. The summed E-state index contributed by atoms with van der Waals surface area (Å²) in [5.41, 5.74) is -6.74. The number of allylic oxidation sites excluding steroid dienone is 4. The van der Waals surface area contributed by atoms with Crippen molar-refractivity contribution in [2.24, 2.45) is 28.6 Å². The van der Waals surface area contributed by atoms with E-state index in [1.54, 1.807) is 13.8 Å². The van der Waals surface area contributed by atoms with Crippen molar-refractivity contribution in [3.8, 4) is 0 Å². The highest BCUT2D eigenvalue weighted by Gasteiger charge is 2.78. The van der Waals surface area contributed by atoms with Gasteiger partial charge in [0.05, 0.1) is 6.10 Å². The van der Waals surface area contributed by atoms with Gasteiger partial charge in [0, 0.05) is 29.1 Å². The highest BCUT2D eigenvalue weighted by molar-refractivity contribution is 6.01. The summed E-state index contributed by atoms with van der Waals surface area (Å²) in [7, 11) is 0. The van der Waals surface area contributed by atoms with E-state index >= 15 is 8.78 Å². The topological polar surface area (TPSA) is 101 Å². The molecular formula is C27H36F2O6. The van der Waals surface area contributed by atoms with Crippen molar-refractivity contribution in [3.05, 3.63) is 23.8 Å². The molecule has 0 aromatic rings. The lowest BCUT2D eigenvalue weighted by molar-refractivity contribution is -0.231. The molecule has 0 unspecified atom stereocenters. The smallest absolute Gasteiger partial charge is 0.306 e. The van der Waals surface area contributed by atoms with Crippen molar-refractivity contribution in [2.45, 2.75) is 89.8 Å². The number of rotatable bonds is 6. The second kappa shape index (κ2) is 8.58. The molecule has 4 aliphatic rings. The SMILES string of the molecule is CCCCC(=O)O[C@]1(C(=O)CO)[C@H](C)C[C@H]2[C@@H]3C[C@H](F)C4=CC(=O)C=C[C@]4(C)[C@@]3(F)[C@@H](O)C[C@@]21C. The minimum absolute atomic E-state index is 0.0288. The number of ether oxygens (including phenoxy) is 1. The van der Waals surface area contributed by atoms with Crippen LogP contribution in [0.2, 0.25) is 0 Å². The number of carbonyl (C=O) groups excluding carboxylic acids is 3. The van der Waals surface area contributed by atoms with Gasteiger partial charge in [-0.25, -0.2) is 8.78 Å². The molecule has 0 saturated heterocycles. The third-order valence-electron chi connectivity index (χ3n) is 9.74. The van der Waals surface area contributed by atoms with Crippen LogP contribution in [0.3, 0.4) is 0 Å². The minimum Gasteiger partial charge on any atom is -0.450 e. The average Bonchev–Trinajstić information content (AvgIpc) is 3.02. The van der Waals surface area contributed by atoms with E-state index in [0.717, 1.165) is 12.5 Å². The number of Topliss-reactive ketones (excluding diaryl/α,β-unsaturated/α-hetero) is 1. The fraction of sp³-hybridized carbons (Fsp3) is 0.741. The van der Waals surface area contributed by atoms with Gasteiger partial charge < -0.3 is 14.9 Å². The Kier molecular flexibility index (Phi) is 6.41. The molecule has 3 saturated carbocycles. The first-order chi connectivity index (χ1) is 16.3. The number of aliphatic hydroxyl groups excluding tert-OH is 2. The van der Waals surface area contributed by atoms with Crippen molar-refractivity contribution < 1.29 is 38.1 Å². The maximum absolute atomic E-state index is 17.3. The summed E-state index contributed by atoms with van der Waals surface area (Å²) in [6.45, 7) is 6.01. The Balaban J connectivity index is 1.83. The number of alkyl halides is 2. The second-order valence-corrected chi connectivity index (χ2v) is 11.4. The summed E-state index contributed by atoms with van der Waals surface area (Å²) in [5.74, 6) is -3.82. The van der Waals surface area contributed by atoms with Crippen LogP contribution >= 0.6 is 0 Å². The normalized spacial score (nSPS) is 46.3. The highest BCUT2D eigenvalue weighted by Crippen LogP contribution is 2.71. The van der Waals surface area contributed by atoms with Gasteiger partial charge in [0.25, 0.3) is 0 Å². The van der Waals surface area contributed by atoms with Crippen LogP contribution in [0.15, 0.2) is 23.8 Å². The van der Waals surface area contributed by atoms with Crippen LogP contribution in [-0.4, -0.2) is 57.9 Å². The molecule has 0 bridgehead atoms. The molecule has 0 aromatic heterocycles. The van der Waals surface area contributed by atoms with Crippen LogP contribution in [0.5, 0.6) is 0 Å². The monoisotopic (exact) mass is 494 g/mol. The van der Waals surface area contributed by atoms with Gasteiger partial charge in [-0.05, 0) is 56.3 Å². The minimum atomic E-state index is -2.28. The third kappa shape index (κ3) is 3.28. The predicted octanol–water partition coefficient (Wildman–Crippen LogP) is 3.58. The quantitative estimate of drug-likeness (QED) is 0.548. The number of halogens is 2. The van der Waals surface area contributed by atoms with Crippen LogP contribution < -0.4 is 0 Å². The lowest BCUT2D eigenvalue weighted by Gasteiger charge is -2.63. The maximum atomic E-state index is 17.3. The molecule has 0 spiro atoms. The molecule has 35 heavy (non-hydrogen) atoms. The second-order valence-electron chi connectivity index (χ2n) is 11.4. The van der Waals surface area contributed by atoms with Gasteiger partial charge in [0.2, 0.25) is 5.78 Å². The zero-order valence-corrected chi connectivity index (χ0v) is 20.9. The maximum Gasteiger partial charge on any atom is 0.306 e. The van der Waals surface area contributed by atoms with E-state index in [9.17, 15) is 24.6 Å². The number of ketones is 2. The standard InChI is InChI=1S/C27H36F2O6/c1-5-6-7-23(34)35-27(22(33)14-30)15(2)10-17-18-12-20(28)19-11-16(31)8-9-24(19,3)26(18,29)21(32)13-25(17,27)4/h8-9,11,15,17-18,20-21,30,32H,5-7,10,12-14H2,1-4H3/t15-,17+,18+,20+,21+,24+,25+,26+,27+/m1/s1. The summed E-state index contributed by atoms with van der Waals surface area (Å²) in [6, 6.07) is 0. The zero-order chi connectivity index (χ0) is 26.0. The van der Waals surface area contributed by atoms with Crippen LogP contribution in [0, 0.1) is 28.6 Å². The zero-order valence-electron chi connectivity index (χ0n) is 20.9. The average molecular weight is 495 g/mol. The molecular weight excluding hydrogens is 458 g/mol. The molecule has 0 radical (unpaired) electrons. The van der Waals surface area contributed by atoms with E-state index in [-0.39, 0.29) is 31.3 Å². The van der Waals surface area contributed by atoms with Crippen molar-refractivity contribution in [3.63, 3.8) is 0 Å². The summed E-state index contributed by atoms with van der Waals surface area (Å²) in [4.78, 5) is 38.1. The van der Waals surface area contributed by atoms with Gasteiger partial charge in [-0.1, -0.05) is 33.3 Å². The Bertz CT molecular complexity index is 992. The van der Waals surface area contributed by atoms with Gasteiger partial charge in [0.1, 0.15) is 12.8 Å². The number of hydrogen-bond acceptors (Lipinski definition) is 6. The number of unbranched alkanes of at least 4 members (excludes halogenated alkanes) is 1. The van der Waals surface area contributed by atoms with Crippen molar-refractivity contribution >= 4 is 17.5 Å². The Hall–Kier alpha value is -1.93. The first-order valence-corrected chi connectivity index (χ1v) is 12.7. The molecule has 3 fully saturated rings. The Morgan fingerprint density at radius 3 is 2.54 bits per heavy atom. The number of esters is 1. The first kappa shape index (κ1) is 26.1. The van der Waals surface area contributed by atoms with Crippen LogP contribution in [0.1, 0.15) is 66.2 Å². The van der Waals surface area contributed by atoms with Crippen LogP contribution in [0.25, 0.3) is 0 Å². The molecule has 0 aliphatic heterocycles. The van der Waals surface area contributed by atoms with Crippen molar-refractivity contribution in [1.29, 1.82) is 0 Å². The lowest BCUT2D eigenvalue weighted by Crippen LogP contribution is -2.71. The number of carbonyl (C=O) groups is 3. The highest BCUT2D eigenvalue weighted by atomic mass is 19.1. The molecule has 0 heterocycles. The summed E-state index contributed by atoms with van der Waals surface area (Å²) >= 11 is 0. The Labute approximate surface area is 204 Å². The number of fused-ring (bicyclic) bond motifs is 5. The Morgan fingerprint density at radius 1 is 1.23 bits per heavy atom. The van der Waals surface area contributed by atoms with Crippen LogP contribution in [0.4, 0.5) is 8.78 Å². The van der Waals surface area contributed by atoms with Gasteiger partial charge >= 0.3 is 5.97 Å². The number of aliphatic hydroxyl groups is 2. The molecule has 0 aromatic carbocycles. The first-order valence-electron chi connectivity index (χ1n) is 12.7. The van der Waals surface area contributed by atoms with E-state index in [0.29, 0.717) is 6.42 Å². The lowest BCUT2D eigenvalue weighted by atomic mass is 9.44. The van der Waals surface area contributed by atoms with E-state index in [1.807, 2.05) is 6.92 Å². The van der Waals surface area contributed by atoms with E-state index in [4.69, 9.17) is 4.74 Å². The number of hydrogen-bond donors (Lipinski definition) is 2. The molecule has 9 atom stereocenters. The van der Waals surface area contributed by atoms with Crippen molar-refractivity contribution in [2.75, 3.05) is 6.61 Å². The summed E-state index contributed by atoms with van der Waals surface area (Å²) < 4.78 is 38.8. The predicted molar refractivity (Wildman–Crippen MR) is 124 cm³/mol. The molecule has 194 valence electrons. The molecule has 6 nitrogen and oxygen atoms in total. The molecule has 8 heteroatoms. The van der Waals surface area contributed by atoms with E-state index in [1.165, 1.54) is 19.1 Å². The molecule has 4 rings (SSSR count). The Morgan fingerprint density at radius 2 is 1.91 bits per heavy atom. The van der Waals surface area contributed by atoms with E-state index in [2.05, 4.69) is 0 Å². The van der Waals surface area contributed by atoms with Gasteiger partial charge in [0.15, 0.2) is 17.1 Å². The molecule has 2 N–H and O–H groups in total. The van der Waals surface area contributed by atoms with Gasteiger partial charge in [-0.3, -0.25) is 14.4 Å². The summed E-state index contributed by atoms with van der Waals surface area (Å²) in [5, 5.41) is 21.3. The fourth-order valence-corrected chi connectivity index (χ4v) is 8.06. The molecule has 4 aliphatic carbocycles. The fourth-order valence-electron chi connectivity index (χ4n) is 8.06. The van der Waals surface area contributed by atoms with Gasteiger partial charge in [-0.2, -0.15) is 0 Å². The third-order valence-corrected chi connectivity index (χ3v) is 9.74. The van der Waals surface area contributed by atoms with E-state index < -0.39 is 76.3 Å². The van der Waals surface area contributed by atoms with Gasteiger partial charge in [-0.15, -0.1) is 0 Å². The molecule has 0 amide bonds. The summed E-state index contributed by atoms with van der Waals surface area (Å²) in [6.07, 6.45) is 1.74.